The van der Waals surface area contributed by atoms with Gasteiger partial charge in [0.2, 0.25) is 0 Å². The van der Waals surface area contributed by atoms with Crippen LogP contribution in [-0.2, 0) is 0 Å². The lowest BCUT2D eigenvalue weighted by atomic mass is 10.2. The van der Waals surface area contributed by atoms with Crippen LogP contribution in [0.15, 0.2) is 46.9 Å². The summed E-state index contributed by atoms with van der Waals surface area (Å²) in [6.07, 6.45) is 0. The maximum atomic E-state index is 12.1. The average molecular weight is 475 g/mol. The molecule has 3 nitrogen and oxygen atoms in total. The van der Waals surface area contributed by atoms with E-state index >= 15 is 0 Å². The Morgan fingerprint density at radius 3 is 2.45 bits per heavy atom. The van der Waals surface area contributed by atoms with Crippen molar-refractivity contribution in [3.63, 3.8) is 0 Å². The molecule has 0 atom stereocenters. The number of halogens is 2. The highest BCUT2D eigenvalue weighted by molar-refractivity contribution is 14.1. The highest BCUT2D eigenvalue weighted by Crippen LogP contribution is 2.27. The molecule has 2 aromatic carbocycles. The maximum Gasteiger partial charge on any atom is 0.343 e. The second-order valence-corrected chi connectivity index (χ2v) is 7.29. The van der Waals surface area contributed by atoms with Crippen LogP contribution >= 0.6 is 38.5 Å². The number of benzene rings is 2. The molecule has 0 unspecified atom stereocenters. The van der Waals surface area contributed by atoms with Crippen molar-refractivity contribution in [2.75, 3.05) is 6.61 Å². The van der Waals surface area contributed by atoms with Gasteiger partial charge in [-0.15, -0.1) is 0 Å². The summed E-state index contributed by atoms with van der Waals surface area (Å²) in [5, 5.41) is 0. The first-order chi connectivity index (χ1) is 10.5. The molecule has 0 N–H and O–H groups in total. The van der Waals surface area contributed by atoms with Crippen molar-refractivity contribution in [1.29, 1.82) is 0 Å². The Balaban J connectivity index is 2.07. The van der Waals surface area contributed by atoms with Gasteiger partial charge < -0.3 is 9.47 Å². The molecule has 0 amide bonds. The van der Waals surface area contributed by atoms with Crippen molar-refractivity contribution >= 4 is 44.5 Å². The van der Waals surface area contributed by atoms with Gasteiger partial charge in [0.15, 0.2) is 0 Å². The van der Waals surface area contributed by atoms with Gasteiger partial charge in [0.05, 0.1) is 16.6 Å². The van der Waals surface area contributed by atoms with Crippen molar-refractivity contribution in [2.24, 2.45) is 5.92 Å². The molecule has 22 heavy (non-hydrogen) atoms. The Labute approximate surface area is 152 Å². The highest BCUT2D eigenvalue weighted by atomic mass is 127. The fraction of sp³-hybridized carbons (Fsp3) is 0.235. The Kier molecular flexibility index (Phi) is 6.26. The summed E-state index contributed by atoms with van der Waals surface area (Å²) < 4.78 is 12.8. The van der Waals surface area contributed by atoms with Crippen LogP contribution < -0.4 is 9.47 Å². The molecule has 2 rings (SSSR count). The van der Waals surface area contributed by atoms with Gasteiger partial charge in [0.1, 0.15) is 11.5 Å². The largest absolute Gasteiger partial charge is 0.492 e. The van der Waals surface area contributed by atoms with Crippen LogP contribution in [-0.4, -0.2) is 12.6 Å². The van der Waals surface area contributed by atoms with Gasteiger partial charge in [-0.3, -0.25) is 0 Å². The smallest absolute Gasteiger partial charge is 0.343 e. The van der Waals surface area contributed by atoms with E-state index in [1.165, 1.54) is 0 Å². The summed E-state index contributed by atoms with van der Waals surface area (Å²) in [5.41, 5.74) is 0.474. The predicted octanol–water partition coefficient (Wildman–Crippen LogP) is 5.31. The lowest BCUT2D eigenvalue weighted by Gasteiger charge is -2.11. The summed E-state index contributed by atoms with van der Waals surface area (Å²) in [6, 6.07) is 12.5. The average Bonchev–Trinajstić information content (AvgIpc) is 2.48. The quantitative estimate of drug-likeness (QED) is 0.334. The number of carbonyl (C=O) groups excluding carboxylic acids is 1. The van der Waals surface area contributed by atoms with E-state index in [2.05, 4.69) is 52.4 Å². The molecule has 0 aliphatic rings. The van der Waals surface area contributed by atoms with E-state index in [1.54, 1.807) is 30.3 Å². The summed E-state index contributed by atoms with van der Waals surface area (Å²) in [7, 11) is 0. The van der Waals surface area contributed by atoms with Crippen molar-refractivity contribution in [3.05, 3.63) is 56.1 Å². The van der Waals surface area contributed by atoms with Crippen LogP contribution in [0.3, 0.4) is 0 Å². The number of rotatable bonds is 5. The maximum absolute atomic E-state index is 12.1. The molecule has 0 bridgehead atoms. The van der Waals surface area contributed by atoms with E-state index < -0.39 is 5.97 Å². The van der Waals surface area contributed by atoms with Crippen LogP contribution in [0, 0.1) is 9.49 Å². The molecule has 0 saturated heterocycles. The summed E-state index contributed by atoms with van der Waals surface area (Å²) in [5.74, 6) is 1.30. The Hall–Kier alpha value is -1.08. The summed E-state index contributed by atoms with van der Waals surface area (Å²) >= 11 is 5.63. The number of ether oxygens (including phenoxy) is 2. The van der Waals surface area contributed by atoms with Crippen LogP contribution in [0.4, 0.5) is 0 Å². The van der Waals surface area contributed by atoms with Gasteiger partial charge >= 0.3 is 5.97 Å². The molecule has 0 saturated carbocycles. The van der Waals surface area contributed by atoms with Gasteiger partial charge in [0, 0.05) is 3.57 Å². The summed E-state index contributed by atoms with van der Waals surface area (Å²) in [4.78, 5) is 12.1. The van der Waals surface area contributed by atoms with Crippen molar-refractivity contribution < 1.29 is 14.3 Å². The molecule has 5 heteroatoms. The van der Waals surface area contributed by atoms with E-state index in [0.717, 1.165) is 13.8 Å². The fourth-order valence-electron chi connectivity index (χ4n) is 1.67. The molecule has 116 valence electrons. The highest BCUT2D eigenvalue weighted by Gasteiger charge is 2.12. The minimum absolute atomic E-state index is 0.391. The number of carbonyl (C=O) groups is 1. The molecule has 0 fully saturated rings. The standard InChI is InChI=1S/C17H16BrIO3/c1-11(2)10-21-16-8-3-12(9-15(16)18)17(20)22-14-6-4-13(19)5-7-14/h3-9,11H,10H2,1-2H3. The lowest BCUT2D eigenvalue weighted by Crippen LogP contribution is -2.09. The van der Waals surface area contributed by atoms with E-state index in [1.807, 2.05) is 12.1 Å². The minimum atomic E-state index is -0.391. The fourth-order valence-corrected chi connectivity index (χ4v) is 2.52. The molecule has 0 aliphatic carbocycles. The minimum Gasteiger partial charge on any atom is -0.492 e. The van der Waals surface area contributed by atoms with E-state index in [0.29, 0.717) is 23.8 Å². The monoisotopic (exact) mass is 474 g/mol. The van der Waals surface area contributed by atoms with Gasteiger partial charge in [-0.05, 0) is 86.9 Å². The Bertz CT molecular complexity index is 653. The second kappa shape index (κ2) is 7.97. The molecule has 0 radical (unpaired) electrons. The normalized spacial score (nSPS) is 10.6. The number of esters is 1. The third-order valence-electron chi connectivity index (χ3n) is 2.76. The first kappa shape index (κ1) is 17.3. The van der Waals surface area contributed by atoms with Gasteiger partial charge in [-0.1, -0.05) is 13.8 Å². The molecule has 0 aromatic heterocycles. The third kappa shape index (κ3) is 4.98. The van der Waals surface area contributed by atoms with Crippen molar-refractivity contribution in [1.82, 2.24) is 0 Å². The van der Waals surface area contributed by atoms with E-state index in [-0.39, 0.29) is 0 Å². The van der Waals surface area contributed by atoms with Crippen molar-refractivity contribution in [3.8, 4) is 11.5 Å². The van der Waals surface area contributed by atoms with Crippen LogP contribution in [0.1, 0.15) is 24.2 Å². The van der Waals surface area contributed by atoms with Gasteiger partial charge in [-0.25, -0.2) is 4.79 Å². The molecular weight excluding hydrogens is 459 g/mol. The summed E-state index contributed by atoms with van der Waals surface area (Å²) in [6.45, 7) is 4.80. The zero-order chi connectivity index (χ0) is 16.1. The number of hydrogen-bond donors (Lipinski definition) is 0. The van der Waals surface area contributed by atoms with Crippen LogP contribution in [0.25, 0.3) is 0 Å². The molecule has 2 aromatic rings. The second-order valence-electron chi connectivity index (χ2n) is 5.19. The molecule has 0 spiro atoms. The zero-order valence-corrected chi connectivity index (χ0v) is 16.1. The van der Waals surface area contributed by atoms with Gasteiger partial charge in [-0.2, -0.15) is 0 Å². The SMILES string of the molecule is CC(C)COc1ccc(C(=O)Oc2ccc(I)cc2)cc1Br. The molecular formula is C17H16BrIO3. The molecule has 0 aliphatic heterocycles. The van der Waals surface area contributed by atoms with Gasteiger partial charge in [0.25, 0.3) is 0 Å². The molecule has 0 heterocycles. The number of hydrogen-bond acceptors (Lipinski definition) is 3. The zero-order valence-electron chi connectivity index (χ0n) is 12.3. The van der Waals surface area contributed by atoms with Crippen molar-refractivity contribution in [2.45, 2.75) is 13.8 Å². The van der Waals surface area contributed by atoms with Crippen LogP contribution in [0.5, 0.6) is 11.5 Å². The predicted molar refractivity (Wildman–Crippen MR) is 98.6 cm³/mol. The Morgan fingerprint density at radius 2 is 1.86 bits per heavy atom. The van der Waals surface area contributed by atoms with E-state index in [9.17, 15) is 4.79 Å². The topological polar surface area (TPSA) is 35.5 Å². The Morgan fingerprint density at radius 1 is 1.18 bits per heavy atom. The first-order valence-corrected chi connectivity index (χ1v) is 8.73. The lowest BCUT2D eigenvalue weighted by molar-refractivity contribution is 0.0734. The van der Waals surface area contributed by atoms with E-state index in [4.69, 9.17) is 9.47 Å². The first-order valence-electron chi connectivity index (χ1n) is 6.86. The van der Waals surface area contributed by atoms with Crippen LogP contribution in [0.2, 0.25) is 0 Å². The third-order valence-corrected chi connectivity index (χ3v) is 4.10.